The highest BCUT2D eigenvalue weighted by molar-refractivity contribution is 6.30. The van der Waals surface area contributed by atoms with Crippen molar-refractivity contribution in [1.82, 2.24) is 34.7 Å². The number of carbonyl (C=O) groups excluding carboxylic acids is 2. The number of aromatic nitrogens is 6. The molecule has 0 aliphatic carbocycles. The molecule has 0 bridgehead atoms. The van der Waals surface area contributed by atoms with Crippen LogP contribution in [0.15, 0.2) is 31.0 Å². The van der Waals surface area contributed by atoms with Gasteiger partial charge in [-0.25, -0.2) is 0 Å². The van der Waals surface area contributed by atoms with E-state index in [0.29, 0.717) is 17.3 Å². The molecular weight excluding hydrogens is 372 g/mol. The van der Waals surface area contributed by atoms with E-state index in [2.05, 4.69) is 25.9 Å². The van der Waals surface area contributed by atoms with Crippen molar-refractivity contribution in [3.8, 4) is 0 Å². The van der Waals surface area contributed by atoms with Gasteiger partial charge in [0.1, 0.15) is 11.7 Å². The van der Waals surface area contributed by atoms with Gasteiger partial charge in [0, 0.05) is 38.6 Å². The second-order valence-corrected chi connectivity index (χ2v) is 6.48. The first-order chi connectivity index (χ1) is 12.8. The van der Waals surface area contributed by atoms with Crippen LogP contribution in [0.5, 0.6) is 0 Å². The van der Waals surface area contributed by atoms with Crippen LogP contribution < -0.4 is 10.6 Å². The maximum absolute atomic E-state index is 12.6. The minimum absolute atomic E-state index is 0.248. The number of carbonyl (C=O) groups is 2. The molecule has 0 aliphatic heterocycles. The molecular formula is C16H19ClN8O2. The van der Waals surface area contributed by atoms with Gasteiger partial charge in [0.15, 0.2) is 0 Å². The van der Waals surface area contributed by atoms with E-state index >= 15 is 0 Å². The Balaban J connectivity index is 1.70. The van der Waals surface area contributed by atoms with Gasteiger partial charge in [0.2, 0.25) is 5.91 Å². The Kier molecular flexibility index (Phi) is 5.26. The summed E-state index contributed by atoms with van der Waals surface area (Å²) in [5.41, 5.74) is 1.43. The molecule has 0 fully saturated rings. The average molecular weight is 391 g/mol. The first-order valence-electron chi connectivity index (χ1n) is 8.13. The second-order valence-electron chi connectivity index (χ2n) is 6.04. The standard InChI is InChI=1S/C16H19ClN8O2/c1-10(25-9-12(17)6-21-25)15(26)22-13-7-20-24(3)14(13)16(27)18-4-11-5-19-23(2)8-11/h5-10H,4H2,1-3H3,(H,18,27)(H,22,26). The Bertz CT molecular complexity index is 973. The Hall–Kier alpha value is -3.14. The first kappa shape index (κ1) is 18.6. The van der Waals surface area contributed by atoms with E-state index in [4.69, 9.17) is 11.6 Å². The van der Waals surface area contributed by atoms with Crippen LogP contribution in [0.4, 0.5) is 5.69 Å². The minimum atomic E-state index is -0.607. The van der Waals surface area contributed by atoms with Crippen LogP contribution in [0.2, 0.25) is 5.02 Å². The monoisotopic (exact) mass is 390 g/mol. The number of aryl methyl sites for hydroxylation is 2. The Morgan fingerprint density at radius 1 is 1.15 bits per heavy atom. The molecule has 1 atom stereocenters. The number of halogens is 1. The Labute approximate surface area is 160 Å². The van der Waals surface area contributed by atoms with Crippen molar-refractivity contribution in [2.45, 2.75) is 19.5 Å². The van der Waals surface area contributed by atoms with Crippen LogP contribution in [-0.4, -0.2) is 41.2 Å². The zero-order valence-corrected chi connectivity index (χ0v) is 15.8. The van der Waals surface area contributed by atoms with Gasteiger partial charge in [-0.2, -0.15) is 15.3 Å². The fourth-order valence-corrected chi connectivity index (χ4v) is 2.66. The van der Waals surface area contributed by atoms with Gasteiger partial charge in [-0.3, -0.25) is 23.6 Å². The normalized spacial score (nSPS) is 12.0. The summed E-state index contributed by atoms with van der Waals surface area (Å²) in [6.07, 6.45) is 7.91. The molecule has 2 N–H and O–H groups in total. The maximum Gasteiger partial charge on any atom is 0.271 e. The third-order valence-corrected chi connectivity index (χ3v) is 4.16. The van der Waals surface area contributed by atoms with Gasteiger partial charge in [-0.15, -0.1) is 0 Å². The molecule has 0 aromatic carbocycles. The molecule has 11 heteroatoms. The summed E-state index contributed by atoms with van der Waals surface area (Å²) >= 11 is 5.84. The lowest BCUT2D eigenvalue weighted by Crippen LogP contribution is -2.28. The SMILES string of the molecule is CC(C(=O)Nc1cnn(C)c1C(=O)NCc1cnn(C)c1)n1cc(Cl)cn1. The van der Waals surface area contributed by atoms with Crippen molar-refractivity contribution in [3.05, 3.63) is 47.3 Å². The van der Waals surface area contributed by atoms with E-state index in [0.717, 1.165) is 5.56 Å². The summed E-state index contributed by atoms with van der Waals surface area (Å²) in [6, 6.07) is -0.607. The van der Waals surface area contributed by atoms with Gasteiger partial charge in [0.25, 0.3) is 5.91 Å². The zero-order valence-electron chi connectivity index (χ0n) is 15.0. The average Bonchev–Trinajstić information content (AvgIpc) is 3.33. The van der Waals surface area contributed by atoms with Crippen molar-refractivity contribution in [3.63, 3.8) is 0 Å². The predicted molar refractivity (Wildman–Crippen MR) is 98.2 cm³/mol. The summed E-state index contributed by atoms with van der Waals surface area (Å²) < 4.78 is 4.50. The zero-order chi connectivity index (χ0) is 19.6. The van der Waals surface area contributed by atoms with Crippen LogP contribution in [0.25, 0.3) is 0 Å². The van der Waals surface area contributed by atoms with Gasteiger partial charge >= 0.3 is 0 Å². The van der Waals surface area contributed by atoms with E-state index in [1.165, 1.54) is 21.8 Å². The maximum atomic E-state index is 12.6. The highest BCUT2D eigenvalue weighted by Gasteiger charge is 2.22. The van der Waals surface area contributed by atoms with Crippen molar-refractivity contribution >= 4 is 29.1 Å². The lowest BCUT2D eigenvalue weighted by Gasteiger charge is -2.13. The summed E-state index contributed by atoms with van der Waals surface area (Å²) in [7, 11) is 3.43. The molecule has 0 saturated heterocycles. The quantitative estimate of drug-likeness (QED) is 0.655. The molecule has 0 aliphatic rings. The molecule has 3 heterocycles. The number of anilines is 1. The molecule has 1 unspecified atom stereocenters. The molecule has 0 spiro atoms. The van der Waals surface area contributed by atoms with E-state index in [-0.39, 0.29) is 17.5 Å². The number of rotatable bonds is 6. The summed E-state index contributed by atoms with van der Waals surface area (Å²) in [5, 5.41) is 18.1. The van der Waals surface area contributed by atoms with E-state index in [1.54, 1.807) is 38.1 Å². The van der Waals surface area contributed by atoms with Gasteiger partial charge in [-0.1, -0.05) is 11.6 Å². The first-order valence-corrected chi connectivity index (χ1v) is 8.51. The van der Waals surface area contributed by atoms with Crippen LogP contribution in [0.3, 0.4) is 0 Å². The van der Waals surface area contributed by atoms with Crippen molar-refractivity contribution in [2.24, 2.45) is 14.1 Å². The molecule has 3 aromatic heterocycles. The van der Waals surface area contributed by atoms with Crippen LogP contribution >= 0.6 is 11.6 Å². The summed E-state index contributed by atoms with van der Waals surface area (Å²) in [6.45, 7) is 1.99. The second kappa shape index (κ2) is 7.62. The Morgan fingerprint density at radius 2 is 1.93 bits per heavy atom. The lowest BCUT2D eigenvalue weighted by molar-refractivity contribution is -0.119. The van der Waals surface area contributed by atoms with Gasteiger partial charge in [0.05, 0.1) is 29.3 Å². The molecule has 0 saturated carbocycles. The number of amides is 2. The third kappa shape index (κ3) is 4.17. The molecule has 2 amide bonds. The van der Waals surface area contributed by atoms with Crippen molar-refractivity contribution in [2.75, 3.05) is 5.32 Å². The smallest absolute Gasteiger partial charge is 0.271 e. The number of hydrogen-bond donors (Lipinski definition) is 2. The molecule has 3 aromatic rings. The summed E-state index contributed by atoms with van der Waals surface area (Å²) in [4.78, 5) is 25.1. The number of nitrogens with zero attached hydrogens (tertiary/aromatic N) is 6. The Morgan fingerprint density at radius 3 is 2.56 bits per heavy atom. The van der Waals surface area contributed by atoms with Crippen molar-refractivity contribution < 1.29 is 9.59 Å². The molecule has 10 nitrogen and oxygen atoms in total. The van der Waals surface area contributed by atoms with Crippen LogP contribution in [0.1, 0.15) is 29.0 Å². The molecule has 142 valence electrons. The topological polar surface area (TPSA) is 112 Å². The molecule has 3 rings (SSSR count). The fourth-order valence-electron chi connectivity index (χ4n) is 2.51. The van der Waals surface area contributed by atoms with E-state index < -0.39 is 6.04 Å². The van der Waals surface area contributed by atoms with Crippen molar-refractivity contribution in [1.29, 1.82) is 0 Å². The van der Waals surface area contributed by atoms with Crippen LogP contribution in [-0.2, 0) is 25.4 Å². The van der Waals surface area contributed by atoms with Gasteiger partial charge < -0.3 is 10.6 Å². The van der Waals surface area contributed by atoms with Gasteiger partial charge in [-0.05, 0) is 6.92 Å². The molecule has 0 radical (unpaired) electrons. The van der Waals surface area contributed by atoms with E-state index in [1.807, 2.05) is 6.20 Å². The number of hydrogen-bond acceptors (Lipinski definition) is 5. The minimum Gasteiger partial charge on any atom is -0.346 e. The van der Waals surface area contributed by atoms with E-state index in [9.17, 15) is 9.59 Å². The highest BCUT2D eigenvalue weighted by atomic mass is 35.5. The highest BCUT2D eigenvalue weighted by Crippen LogP contribution is 2.18. The largest absolute Gasteiger partial charge is 0.346 e. The van der Waals surface area contributed by atoms with Crippen LogP contribution in [0, 0.1) is 0 Å². The lowest BCUT2D eigenvalue weighted by atomic mass is 10.2. The third-order valence-electron chi connectivity index (χ3n) is 3.97. The predicted octanol–water partition coefficient (Wildman–Crippen LogP) is 1.13. The number of nitrogens with one attached hydrogen (secondary N) is 2. The fraction of sp³-hybridized carbons (Fsp3) is 0.312. The summed E-state index contributed by atoms with van der Waals surface area (Å²) in [5.74, 6) is -0.701. The molecule has 27 heavy (non-hydrogen) atoms.